The summed E-state index contributed by atoms with van der Waals surface area (Å²) in [6.07, 6.45) is -3.03. The van der Waals surface area contributed by atoms with Gasteiger partial charge in [0.1, 0.15) is 33.9 Å². The third kappa shape index (κ3) is 10.7. The first-order valence-corrected chi connectivity index (χ1v) is 12.4. The number of ether oxygens (including phenoxy) is 5. The van der Waals surface area contributed by atoms with Crippen molar-refractivity contribution in [2.45, 2.75) is 85.7 Å². The summed E-state index contributed by atoms with van der Waals surface area (Å²) in [6, 6.07) is 12.6. The lowest BCUT2D eigenvalue weighted by Gasteiger charge is -2.29. The molecule has 0 bridgehead atoms. The molecular formula is C29H37NO9. The lowest BCUT2D eigenvalue weighted by atomic mass is 10.1. The number of para-hydroxylation sites is 1. The number of carbonyl (C=O) groups is 4. The van der Waals surface area contributed by atoms with Crippen molar-refractivity contribution < 1.29 is 42.9 Å². The van der Waals surface area contributed by atoms with E-state index in [0.29, 0.717) is 0 Å². The fourth-order valence-corrected chi connectivity index (χ4v) is 3.04. The quantitative estimate of drug-likeness (QED) is 0.172. The third-order valence-electron chi connectivity index (χ3n) is 4.41. The number of benzene rings is 2. The summed E-state index contributed by atoms with van der Waals surface area (Å²) in [7, 11) is 0. The van der Waals surface area contributed by atoms with Crippen LogP contribution in [0, 0.1) is 0 Å². The molecule has 0 atom stereocenters. The average molecular weight is 544 g/mol. The molecule has 212 valence electrons. The molecule has 0 fully saturated rings. The Morgan fingerprint density at radius 2 is 1.15 bits per heavy atom. The number of rotatable bonds is 5. The summed E-state index contributed by atoms with van der Waals surface area (Å²) in [5, 5.41) is 0. The minimum Gasteiger partial charge on any atom is -0.443 e. The highest BCUT2D eigenvalue weighted by Gasteiger charge is 2.33. The molecule has 0 heterocycles. The molecule has 39 heavy (non-hydrogen) atoms. The molecular weight excluding hydrogens is 506 g/mol. The molecule has 0 radical (unpaired) electrons. The fraction of sp³-hybridized carbons (Fsp3) is 0.448. The van der Waals surface area contributed by atoms with Crippen LogP contribution in [0.1, 0.15) is 78.2 Å². The molecule has 0 saturated carbocycles. The lowest BCUT2D eigenvalue weighted by Crippen LogP contribution is -2.43. The monoisotopic (exact) mass is 543 g/mol. The van der Waals surface area contributed by atoms with Gasteiger partial charge >= 0.3 is 24.3 Å². The summed E-state index contributed by atoms with van der Waals surface area (Å²) >= 11 is 0. The second-order valence-corrected chi connectivity index (χ2v) is 11.6. The molecule has 0 aliphatic rings. The van der Waals surface area contributed by atoms with Crippen LogP contribution >= 0.6 is 0 Å². The largest absolute Gasteiger partial charge is 0.514 e. The van der Waals surface area contributed by atoms with Crippen molar-refractivity contribution in [1.82, 2.24) is 4.90 Å². The first-order chi connectivity index (χ1) is 17.8. The molecule has 2 amide bonds. The summed E-state index contributed by atoms with van der Waals surface area (Å²) in [5.74, 6) is -0.837. The number of carbonyl (C=O) groups excluding carboxylic acids is 4. The minimum atomic E-state index is -1.05. The van der Waals surface area contributed by atoms with Gasteiger partial charge < -0.3 is 23.7 Å². The van der Waals surface area contributed by atoms with Crippen LogP contribution in [-0.4, -0.2) is 46.0 Å². The van der Waals surface area contributed by atoms with E-state index in [1.165, 1.54) is 18.2 Å². The van der Waals surface area contributed by atoms with Gasteiger partial charge in [0.05, 0.1) is 6.54 Å². The SMILES string of the molecule is CC(C)(C)OC(=O)Oc1cccc(CN(C(=O)OC(C)(C)C)C(=O)OC(C)(C)C)c1C(=O)Oc1ccccc1. The standard InChI is InChI=1S/C29H37NO9/c1-27(2,3)37-24(32)30(25(33)38-28(4,5)6)18-19-14-13-17-21(36-26(34)39-29(7,8)9)22(19)23(31)35-20-15-11-10-12-16-20/h10-17H,18H2,1-9H3. The molecule has 0 N–H and O–H groups in total. The Morgan fingerprint density at radius 1 is 0.641 bits per heavy atom. The normalized spacial score (nSPS) is 11.7. The van der Waals surface area contributed by atoms with Crippen molar-refractivity contribution in [3.05, 3.63) is 59.7 Å². The molecule has 0 aliphatic carbocycles. The first kappa shape index (κ1) is 31.1. The molecule has 2 aromatic carbocycles. The van der Waals surface area contributed by atoms with Crippen LogP contribution in [0.2, 0.25) is 0 Å². The Balaban J connectivity index is 2.56. The van der Waals surface area contributed by atoms with Gasteiger partial charge in [-0.2, -0.15) is 0 Å². The Bertz CT molecular complexity index is 1160. The van der Waals surface area contributed by atoms with Gasteiger partial charge in [-0.3, -0.25) is 0 Å². The van der Waals surface area contributed by atoms with Crippen molar-refractivity contribution in [3.8, 4) is 11.5 Å². The number of hydrogen-bond acceptors (Lipinski definition) is 9. The smallest absolute Gasteiger partial charge is 0.443 e. The Labute approximate surface area is 229 Å². The van der Waals surface area contributed by atoms with Crippen molar-refractivity contribution in [3.63, 3.8) is 0 Å². The number of imide groups is 1. The summed E-state index contributed by atoms with van der Waals surface area (Å²) < 4.78 is 26.9. The van der Waals surface area contributed by atoms with Crippen LogP contribution in [0.3, 0.4) is 0 Å². The van der Waals surface area contributed by atoms with E-state index in [1.54, 1.807) is 92.6 Å². The second kappa shape index (κ2) is 12.2. The first-order valence-electron chi connectivity index (χ1n) is 12.4. The molecule has 10 heteroatoms. The van der Waals surface area contributed by atoms with Crippen LogP contribution in [0.25, 0.3) is 0 Å². The van der Waals surface area contributed by atoms with Gasteiger partial charge in [0, 0.05) is 0 Å². The predicted molar refractivity (Wildman–Crippen MR) is 143 cm³/mol. The van der Waals surface area contributed by atoms with Crippen molar-refractivity contribution >= 4 is 24.3 Å². The van der Waals surface area contributed by atoms with Crippen LogP contribution in [0.15, 0.2) is 48.5 Å². The van der Waals surface area contributed by atoms with Crippen molar-refractivity contribution in [2.24, 2.45) is 0 Å². The minimum absolute atomic E-state index is 0.133. The number of amides is 2. The molecule has 10 nitrogen and oxygen atoms in total. The number of hydrogen-bond donors (Lipinski definition) is 0. The molecule has 0 unspecified atom stereocenters. The van der Waals surface area contributed by atoms with Gasteiger partial charge in [-0.25, -0.2) is 24.1 Å². The molecule has 2 aromatic rings. The highest BCUT2D eigenvalue weighted by Crippen LogP contribution is 2.28. The zero-order chi connectivity index (χ0) is 29.6. The van der Waals surface area contributed by atoms with E-state index in [0.717, 1.165) is 4.90 Å². The summed E-state index contributed by atoms with van der Waals surface area (Å²) in [6.45, 7) is 14.4. The van der Waals surface area contributed by atoms with Gasteiger partial charge in [0.2, 0.25) is 0 Å². The van der Waals surface area contributed by atoms with Crippen LogP contribution in [-0.2, 0) is 20.8 Å². The Hall–Kier alpha value is -4.08. The van der Waals surface area contributed by atoms with Crippen molar-refractivity contribution in [1.29, 1.82) is 0 Å². The van der Waals surface area contributed by atoms with Crippen LogP contribution < -0.4 is 9.47 Å². The van der Waals surface area contributed by atoms with Gasteiger partial charge in [-0.05, 0) is 86.1 Å². The Kier molecular flexibility index (Phi) is 9.73. The highest BCUT2D eigenvalue weighted by molar-refractivity contribution is 5.97. The van der Waals surface area contributed by atoms with E-state index in [-0.39, 0.29) is 22.6 Å². The third-order valence-corrected chi connectivity index (χ3v) is 4.41. The maximum Gasteiger partial charge on any atom is 0.514 e. The maximum atomic E-state index is 13.4. The average Bonchev–Trinajstić information content (AvgIpc) is 2.74. The zero-order valence-electron chi connectivity index (χ0n) is 23.9. The molecule has 2 rings (SSSR count). The van der Waals surface area contributed by atoms with Gasteiger partial charge in [-0.15, -0.1) is 0 Å². The van der Waals surface area contributed by atoms with E-state index < -0.39 is 47.7 Å². The molecule has 0 spiro atoms. The predicted octanol–water partition coefficient (Wildman–Crippen LogP) is 6.89. The number of nitrogens with zero attached hydrogens (tertiary/aromatic N) is 1. The topological polar surface area (TPSA) is 118 Å². The fourth-order valence-electron chi connectivity index (χ4n) is 3.04. The van der Waals surface area contributed by atoms with Crippen LogP contribution in [0.4, 0.5) is 14.4 Å². The second-order valence-electron chi connectivity index (χ2n) is 11.6. The molecule has 0 aromatic heterocycles. The number of esters is 1. The van der Waals surface area contributed by atoms with E-state index in [4.69, 9.17) is 23.7 Å². The molecule has 0 saturated heterocycles. The zero-order valence-corrected chi connectivity index (χ0v) is 23.9. The van der Waals surface area contributed by atoms with Crippen molar-refractivity contribution in [2.75, 3.05) is 0 Å². The van der Waals surface area contributed by atoms with E-state index in [1.807, 2.05) is 0 Å². The van der Waals surface area contributed by atoms with E-state index >= 15 is 0 Å². The van der Waals surface area contributed by atoms with Gasteiger partial charge in [0.25, 0.3) is 0 Å². The summed E-state index contributed by atoms with van der Waals surface area (Å²) in [5.41, 5.74) is -2.76. The molecule has 0 aliphatic heterocycles. The van der Waals surface area contributed by atoms with Gasteiger partial charge in [0.15, 0.2) is 0 Å². The van der Waals surface area contributed by atoms with E-state index in [9.17, 15) is 19.2 Å². The maximum absolute atomic E-state index is 13.4. The van der Waals surface area contributed by atoms with Crippen LogP contribution in [0.5, 0.6) is 11.5 Å². The summed E-state index contributed by atoms with van der Waals surface area (Å²) in [4.78, 5) is 52.7. The highest BCUT2D eigenvalue weighted by atomic mass is 16.7. The lowest BCUT2D eigenvalue weighted by molar-refractivity contribution is -0.000724. The van der Waals surface area contributed by atoms with Gasteiger partial charge in [-0.1, -0.05) is 30.3 Å². The van der Waals surface area contributed by atoms with E-state index in [2.05, 4.69) is 0 Å². The Morgan fingerprint density at radius 3 is 1.64 bits per heavy atom.